The molecule has 0 atom stereocenters. The Morgan fingerprint density at radius 2 is 2.07 bits per heavy atom. The van der Waals surface area contributed by atoms with E-state index in [-0.39, 0.29) is 0 Å². The average Bonchev–Trinajstić information content (AvgIpc) is 2.19. The molecule has 1 N–H and O–H groups in total. The summed E-state index contributed by atoms with van der Waals surface area (Å²) in [7, 11) is 0. The molecule has 0 amide bonds. The molecule has 0 fully saturated rings. The summed E-state index contributed by atoms with van der Waals surface area (Å²) < 4.78 is 0. The summed E-state index contributed by atoms with van der Waals surface area (Å²) in [6.07, 6.45) is 4.70. The van der Waals surface area contributed by atoms with Gasteiger partial charge in [-0.2, -0.15) is 0 Å². The maximum absolute atomic E-state index is 3.77. The summed E-state index contributed by atoms with van der Waals surface area (Å²) in [5.41, 5.74) is 3.81. The molecule has 1 heteroatoms. The minimum Gasteiger partial charge on any atom is -0.381 e. The van der Waals surface area contributed by atoms with E-state index in [1.54, 1.807) is 0 Å². The van der Waals surface area contributed by atoms with Crippen LogP contribution in [-0.2, 0) is 6.42 Å². The Balaban J connectivity index is 2.94. The van der Waals surface area contributed by atoms with E-state index in [1.165, 1.54) is 16.8 Å². The summed E-state index contributed by atoms with van der Waals surface area (Å²) in [5, 5.41) is 3.32. The number of allylic oxidation sites excluding steroid dienone is 1. The van der Waals surface area contributed by atoms with Crippen LogP contribution in [-0.4, -0.2) is 6.54 Å². The van der Waals surface area contributed by atoms with Gasteiger partial charge >= 0.3 is 0 Å². The van der Waals surface area contributed by atoms with Crippen LogP contribution in [0, 0.1) is 6.92 Å². The second kappa shape index (κ2) is 5.28. The molecule has 1 nitrogen and oxygen atoms in total. The monoisotopic (exact) mass is 187 g/mol. The standard InChI is InChI=1S/C13H17N/c1-4-7-12-11(3)8-6-9-13(12)14-10-5-2/h4-6,8-9,14H,1-2,7,10H2,3H3. The van der Waals surface area contributed by atoms with Gasteiger partial charge in [-0.25, -0.2) is 0 Å². The molecule has 0 unspecified atom stereocenters. The molecule has 0 bridgehead atoms. The van der Waals surface area contributed by atoms with Gasteiger partial charge in [0.25, 0.3) is 0 Å². The summed E-state index contributed by atoms with van der Waals surface area (Å²) in [6.45, 7) is 10.4. The lowest BCUT2D eigenvalue weighted by Crippen LogP contribution is -2.02. The Morgan fingerprint density at radius 1 is 1.29 bits per heavy atom. The van der Waals surface area contributed by atoms with E-state index in [4.69, 9.17) is 0 Å². The lowest BCUT2D eigenvalue weighted by molar-refractivity contribution is 1.19. The average molecular weight is 187 g/mol. The van der Waals surface area contributed by atoms with Crippen LogP contribution in [0.5, 0.6) is 0 Å². The highest BCUT2D eigenvalue weighted by molar-refractivity contribution is 5.55. The largest absolute Gasteiger partial charge is 0.381 e. The first-order valence-electron chi connectivity index (χ1n) is 4.83. The quantitative estimate of drug-likeness (QED) is 0.697. The lowest BCUT2D eigenvalue weighted by Gasteiger charge is -2.11. The normalized spacial score (nSPS) is 9.50. The highest BCUT2D eigenvalue weighted by Gasteiger charge is 2.01. The summed E-state index contributed by atoms with van der Waals surface area (Å²) in [5.74, 6) is 0. The fraction of sp³-hybridized carbons (Fsp3) is 0.231. The van der Waals surface area contributed by atoms with Crippen LogP contribution in [0.4, 0.5) is 5.69 Å². The molecule has 1 aromatic carbocycles. The Bertz CT molecular complexity index is 326. The zero-order valence-corrected chi connectivity index (χ0v) is 8.72. The molecular formula is C13H17N. The Morgan fingerprint density at radius 3 is 2.71 bits per heavy atom. The highest BCUT2D eigenvalue weighted by Crippen LogP contribution is 2.20. The maximum atomic E-state index is 3.77. The van der Waals surface area contributed by atoms with Crippen LogP contribution in [0.25, 0.3) is 0 Å². The number of hydrogen-bond donors (Lipinski definition) is 1. The number of aryl methyl sites for hydroxylation is 1. The van der Waals surface area contributed by atoms with Crippen molar-refractivity contribution in [3.8, 4) is 0 Å². The molecule has 0 aliphatic heterocycles. The Labute approximate surface area is 86.2 Å². The first-order valence-corrected chi connectivity index (χ1v) is 4.83. The molecule has 0 radical (unpaired) electrons. The van der Waals surface area contributed by atoms with Gasteiger partial charge < -0.3 is 5.32 Å². The summed E-state index contributed by atoms with van der Waals surface area (Å²) in [6, 6.07) is 6.28. The van der Waals surface area contributed by atoms with Crippen molar-refractivity contribution >= 4 is 5.69 Å². The zero-order chi connectivity index (χ0) is 10.4. The predicted octanol–water partition coefficient (Wildman–Crippen LogP) is 3.32. The third kappa shape index (κ3) is 2.49. The molecule has 0 aliphatic carbocycles. The molecule has 0 saturated heterocycles. The van der Waals surface area contributed by atoms with Crippen molar-refractivity contribution in [3.63, 3.8) is 0 Å². The van der Waals surface area contributed by atoms with Gasteiger partial charge in [-0.1, -0.05) is 24.3 Å². The third-order valence-corrected chi connectivity index (χ3v) is 2.20. The van der Waals surface area contributed by atoms with Gasteiger partial charge in [0.15, 0.2) is 0 Å². The van der Waals surface area contributed by atoms with E-state index in [9.17, 15) is 0 Å². The van der Waals surface area contributed by atoms with Crippen LogP contribution >= 0.6 is 0 Å². The van der Waals surface area contributed by atoms with E-state index in [1.807, 2.05) is 12.2 Å². The molecule has 0 aliphatic rings. The van der Waals surface area contributed by atoms with Gasteiger partial charge in [0, 0.05) is 12.2 Å². The van der Waals surface area contributed by atoms with Gasteiger partial charge in [0.2, 0.25) is 0 Å². The first-order chi connectivity index (χ1) is 6.79. The second-order valence-electron chi connectivity index (χ2n) is 3.26. The van der Waals surface area contributed by atoms with Crippen LogP contribution in [0.2, 0.25) is 0 Å². The molecule has 14 heavy (non-hydrogen) atoms. The van der Waals surface area contributed by atoms with E-state index < -0.39 is 0 Å². The van der Waals surface area contributed by atoms with Crippen LogP contribution in [0.1, 0.15) is 11.1 Å². The van der Waals surface area contributed by atoms with Crippen LogP contribution < -0.4 is 5.32 Å². The van der Waals surface area contributed by atoms with Crippen molar-refractivity contribution < 1.29 is 0 Å². The Kier molecular flexibility index (Phi) is 3.99. The molecular weight excluding hydrogens is 170 g/mol. The predicted molar refractivity (Wildman–Crippen MR) is 63.8 cm³/mol. The molecule has 0 spiro atoms. The van der Waals surface area contributed by atoms with Crippen molar-refractivity contribution in [1.29, 1.82) is 0 Å². The van der Waals surface area contributed by atoms with Gasteiger partial charge in [-0.15, -0.1) is 13.2 Å². The molecule has 74 valence electrons. The van der Waals surface area contributed by atoms with Crippen molar-refractivity contribution in [2.24, 2.45) is 0 Å². The van der Waals surface area contributed by atoms with E-state index in [2.05, 4.69) is 43.6 Å². The van der Waals surface area contributed by atoms with Crippen molar-refractivity contribution in [1.82, 2.24) is 0 Å². The number of hydrogen-bond acceptors (Lipinski definition) is 1. The minimum atomic E-state index is 0.799. The van der Waals surface area contributed by atoms with E-state index >= 15 is 0 Å². The minimum absolute atomic E-state index is 0.799. The van der Waals surface area contributed by atoms with Gasteiger partial charge in [0.05, 0.1) is 0 Å². The van der Waals surface area contributed by atoms with E-state index in [0.29, 0.717) is 0 Å². The molecule has 1 rings (SSSR count). The molecule has 1 aromatic rings. The van der Waals surface area contributed by atoms with Gasteiger partial charge in [-0.3, -0.25) is 0 Å². The van der Waals surface area contributed by atoms with Crippen LogP contribution in [0.3, 0.4) is 0 Å². The Hall–Kier alpha value is -1.50. The lowest BCUT2D eigenvalue weighted by atomic mass is 10.0. The molecule has 0 saturated carbocycles. The maximum Gasteiger partial charge on any atom is 0.0381 e. The SMILES string of the molecule is C=CCNc1cccc(C)c1CC=C. The van der Waals surface area contributed by atoms with Crippen LogP contribution in [0.15, 0.2) is 43.5 Å². The topological polar surface area (TPSA) is 12.0 Å². The summed E-state index contributed by atoms with van der Waals surface area (Å²) in [4.78, 5) is 0. The third-order valence-electron chi connectivity index (χ3n) is 2.20. The smallest absolute Gasteiger partial charge is 0.0381 e. The van der Waals surface area contributed by atoms with Crippen molar-refractivity contribution in [3.05, 3.63) is 54.6 Å². The number of nitrogens with one attached hydrogen (secondary N) is 1. The molecule has 0 aromatic heterocycles. The van der Waals surface area contributed by atoms with Crippen molar-refractivity contribution in [2.45, 2.75) is 13.3 Å². The number of rotatable bonds is 5. The van der Waals surface area contributed by atoms with E-state index in [0.717, 1.165) is 13.0 Å². The van der Waals surface area contributed by atoms with Crippen molar-refractivity contribution in [2.75, 3.05) is 11.9 Å². The fourth-order valence-electron chi connectivity index (χ4n) is 1.47. The zero-order valence-electron chi connectivity index (χ0n) is 8.72. The second-order valence-corrected chi connectivity index (χ2v) is 3.26. The van der Waals surface area contributed by atoms with Gasteiger partial charge in [0.1, 0.15) is 0 Å². The van der Waals surface area contributed by atoms with Gasteiger partial charge in [-0.05, 0) is 30.5 Å². The first kappa shape index (κ1) is 10.6. The summed E-state index contributed by atoms with van der Waals surface area (Å²) >= 11 is 0. The number of benzene rings is 1. The number of anilines is 1. The highest BCUT2D eigenvalue weighted by atomic mass is 14.9. The fourth-order valence-corrected chi connectivity index (χ4v) is 1.47. The molecule has 0 heterocycles.